The minimum atomic E-state index is -3.70. The number of methoxy groups -OCH3 is 1. The van der Waals surface area contributed by atoms with Crippen molar-refractivity contribution >= 4 is 21.6 Å². The second-order valence-corrected chi connectivity index (χ2v) is 8.09. The molecule has 1 unspecified atom stereocenters. The summed E-state index contributed by atoms with van der Waals surface area (Å²) in [5, 5.41) is 2.63. The molecule has 1 atom stereocenters. The molecule has 0 spiro atoms. The molecule has 0 bridgehead atoms. The highest BCUT2D eigenvalue weighted by Gasteiger charge is 2.24. The molecule has 158 valence electrons. The summed E-state index contributed by atoms with van der Waals surface area (Å²) in [5.41, 5.74) is 0.209. The first-order valence-corrected chi connectivity index (χ1v) is 10.6. The molecule has 7 nitrogen and oxygen atoms in total. The average Bonchev–Trinajstić information content (AvgIpc) is 2.70. The molecule has 0 fully saturated rings. The molecule has 0 aliphatic heterocycles. The zero-order chi connectivity index (χ0) is 21.6. The number of carbonyl (C=O) groups excluding carboxylic acids is 1. The molecule has 2 aromatic carbocycles. The summed E-state index contributed by atoms with van der Waals surface area (Å²) in [6.07, 6.45) is -0.909. The predicted octanol–water partition coefficient (Wildman–Crippen LogP) is 3.27. The Kier molecular flexibility index (Phi) is 7.58. The van der Waals surface area contributed by atoms with Crippen LogP contribution in [0.4, 0.5) is 10.1 Å². The van der Waals surface area contributed by atoms with E-state index in [1.165, 1.54) is 60.8 Å². The number of sulfonamides is 1. The van der Waals surface area contributed by atoms with E-state index in [0.717, 1.165) is 0 Å². The smallest absolute Gasteiger partial charge is 0.265 e. The minimum absolute atomic E-state index is 0.0457. The summed E-state index contributed by atoms with van der Waals surface area (Å²) >= 11 is 0. The lowest BCUT2D eigenvalue weighted by molar-refractivity contribution is -0.122. The first-order valence-electron chi connectivity index (χ1n) is 9.14. The second-order valence-electron chi connectivity index (χ2n) is 6.15. The molecule has 0 saturated heterocycles. The molecule has 9 heteroatoms. The van der Waals surface area contributed by atoms with Gasteiger partial charge in [0.15, 0.2) is 6.10 Å². The predicted molar refractivity (Wildman–Crippen MR) is 108 cm³/mol. The summed E-state index contributed by atoms with van der Waals surface area (Å²) in [5.74, 6) is -0.278. The van der Waals surface area contributed by atoms with Crippen LogP contribution < -0.4 is 14.8 Å². The lowest BCUT2D eigenvalue weighted by Crippen LogP contribution is -2.31. The van der Waals surface area contributed by atoms with Crippen molar-refractivity contribution in [3.63, 3.8) is 0 Å². The van der Waals surface area contributed by atoms with Gasteiger partial charge in [-0.3, -0.25) is 4.79 Å². The maximum atomic E-state index is 13.0. The van der Waals surface area contributed by atoms with Gasteiger partial charge in [0, 0.05) is 13.1 Å². The number of nitrogens with one attached hydrogen (secondary N) is 1. The first kappa shape index (κ1) is 22.6. The van der Waals surface area contributed by atoms with E-state index < -0.39 is 27.9 Å². The van der Waals surface area contributed by atoms with Gasteiger partial charge in [0.05, 0.1) is 17.7 Å². The molecule has 0 aliphatic rings. The average molecular weight is 424 g/mol. The van der Waals surface area contributed by atoms with Gasteiger partial charge in [-0.25, -0.2) is 12.8 Å². The van der Waals surface area contributed by atoms with Crippen LogP contribution in [-0.4, -0.2) is 44.9 Å². The molecule has 0 heterocycles. The topological polar surface area (TPSA) is 84.9 Å². The molecule has 2 rings (SSSR count). The molecule has 2 aromatic rings. The third kappa shape index (κ3) is 5.45. The van der Waals surface area contributed by atoms with Crippen molar-refractivity contribution in [2.24, 2.45) is 0 Å². The van der Waals surface area contributed by atoms with Crippen LogP contribution in [0.15, 0.2) is 47.4 Å². The maximum Gasteiger partial charge on any atom is 0.265 e. The van der Waals surface area contributed by atoms with Crippen LogP contribution in [0.5, 0.6) is 11.5 Å². The van der Waals surface area contributed by atoms with Crippen LogP contribution in [0.25, 0.3) is 0 Å². The molecule has 0 radical (unpaired) electrons. The number of carbonyl (C=O) groups is 1. The number of ether oxygens (including phenoxy) is 2. The van der Waals surface area contributed by atoms with Crippen LogP contribution in [0.3, 0.4) is 0 Å². The van der Waals surface area contributed by atoms with Gasteiger partial charge in [0.1, 0.15) is 17.3 Å². The number of hydrogen-bond donors (Lipinski definition) is 1. The molecule has 1 N–H and O–H groups in total. The monoisotopic (exact) mass is 424 g/mol. The molecule has 0 aliphatic carbocycles. The number of hydrogen-bond acceptors (Lipinski definition) is 5. The fourth-order valence-electron chi connectivity index (χ4n) is 2.66. The minimum Gasteiger partial charge on any atom is -0.495 e. The second kappa shape index (κ2) is 9.71. The van der Waals surface area contributed by atoms with Gasteiger partial charge in [-0.05, 0) is 49.4 Å². The molecule has 0 aromatic heterocycles. The lowest BCUT2D eigenvalue weighted by atomic mass is 10.2. The largest absolute Gasteiger partial charge is 0.495 e. The number of halogens is 1. The van der Waals surface area contributed by atoms with Crippen molar-refractivity contribution in [3.8, 4) is 11.5 Å². The van der Waals surface area contributed by atoms with E-state index >= 15 is 0 Å². The lowest BCUT2D eigenvalue weighted by Gasteiger charge is -2.20. The molecule has 1 amide bonds. The van der Waals surface area contributed by atoms with Crippen molar-refractivity contribution in [1.29, 1.82) is 0 Å². The SMILES string of the molecule is CCN(CC)S(=O)(=O)c1ccc(OC)c(NC(=O)C(C)Oc2ccc(F)cc2)c1. The van der Waals surface area contributed by atoms with Gasteiger partial charge in [0.25, 0.3) is 5.91 Å². The Morgan fingerprint density at radius 2 is 1.76 bits per heavy atom. The van der Waals surface area contributed by atoms with E-state index in [1.54, 1.807) is 13.8 Å². The highest BCUT2D eigenvalue weighted by atomic mass is 32.2. The molecular formula is C20H25FN2O5S. The van der Waals surface area contributed by atoms with Crippen molar-refractivity contribution in [1.82, 2.24) is 4.31 Å². The number of amides is 1. The molecule has 0 saturated carbocycles. The number of rotatable bonds is 9. The highest BCUT2D eigenvalue weighted by molar-refractivity contribution is 7.89. The zero-order valence-corrected chi connectivity index (χ0v) is 17.6. The van der Waals surface area contributed by atoms with Crippen molar-refractivity contribution in [3.05, 3.63) is 48.3 Å². The van der Waals surface area contributed by atoms with Gasteiger partial charge in [-0.15, -0.1) is 0 Å². The third-order valence-corrected chi connectivity index (χ3v) is 6.31. The van der Waals surface area contributed by atoms with E-state index in [-0.39, 0.29) is 10.6 Å². The van der Waals surface area contributed by atoms with E-state index in [9.17, 15) is 17.6 Å². The van der Waals surface area contributed by atoms with Crippen LogP contribution in [0.1, 0.15) is 20.8 Å². The van der Waals surface area contributed by atoms with Crippen molar-refractivity contribution in [2.45, 2.75) is 31.8 Å². The summed E-state index contributed by atoms with van der Waals surface area (Å²) in [4.78, 5) is 12.6. The summed E-state index contributed by atoms with van der Waals surface area (Å²) < 4.78 is 50.6. The van der Waals surface area contributed by atoms with E-state index in [2.05, 4.69) is 5.32 Å². The summed E-state index contributed by atoms with van der Waals surface area (Å²) in [6.45, 7) is 5.69. The van der Waals surface area contributed by atoms with Crippen LogP contribution in [-0.2, 0) is 14.8 Å². The Hall–Kier alpha value is -2.65. The van der Waals surface area contributed by atoms with Crippen molar-refractivity contribution < 1.29 is 27.1 Å². The summed E-state index contributed by atoms with van der Waals surface area (Å²) in [6, 6.07) is 9.55. The van der Waals surface area contributed by atoms with Crippen LogP contribution >= 0.6 is 0 Å². The fourth-order valence-corrected chi connectivity index (χ4v) is 4.15. The third-order valence-electron chi connectivity index (χ3n) is 4.27. The molecular weight excluding hydrogens is 399 g/mol. The Morgan fingerprint density at radius 3 is 2.31 bits per heavy atom. The Balaban J connectivity index is 2.24. The maximum absolute atomic E-state index is 13.0. The zero-order valence-electron chi connectivity index (χ0n) is 16.8. The van der Waals surface area contributed by atoms with E-state index in [1.807, 2.05) is 0 Å². The Morgan fingerprint density at radius 1 is 1.14 bits per heavy atom. The van der Waals surface area contributed by atoms with Gasteiger partial charge in [-0.1, -0.05) is 13.8 Å². The molecule has 29 heavy (non-hydrogen) atoms. The fraction of sp³-hybridized carbons (Fsp3) is 0.350. The summed E-state index contributed by atoms with van der Waals surface area (Å²) in [7, 11) is -2.28. The van der Waals surface area contributed by atoms with E-state index in [0.29, 0.717) is 24.6 Å². The number of anilines is 1. The van der Waals surface area contributed by atoms with Crippen LogP contribution in [0.2, 0.25) is 0 Å². The standard InChI is InChI=1S/C20H25FN2O5S/c1-5-23(6-2)29(25,26)17-11-12-19(27-4)18(13-17)22-20(24)14(3)28-16-9-7-15(21)8-10-16/h7-14H,5-6H2,1-4H3,(H,22,24). The Bertz CT molecular complexity index is 944. The number of nitrogens with zero attached hydrogens (tertiary/aromatic N) is 1. The quantitative estimate of drug-likeness (QED) is 0.668. The normalized spacial score (nSPS) is 12.5. The van der Waals surface area contributed by atoms with Gasteiger partial charge >= 0.3 is 0 Å². The van der Waals surface area contributed by atoms with Gasteiger partial charge in [0.2, 0.25) is 10.0 Å². The highest BCUT2D eigenvalue weighted by Crippen LogP contribution is 2.29. The van der Waals surface area contributed by atoms with Gasteiger partial charge in [-0.2, -0.15) is 4.31 Å². The van der Waals surface area contributed by atoms with Gasteiger partial charge < -0.3 is 14.8 Å². The van der Waals surface area contributed by atoms with Crippen LogP contribution in [0, 0.1) is 5.82 Å². The Labute approximate surface area is 170 Å². The van der Waals surface area contributed by atoms with E-state index in [4.69, 9.17) is 9.47 Å². The van der Waals surface area contributed by atoms with Crippen molar-refractivity contribution in [2.75, 3.05) is 25.5 Å². The number of benzene rings is 2. The first-order chi connectivity index (χ1) is 13.7.